The summed E-state index contributed by atoms with van der Waals surface area (Å²) in [4.78, 5) is 2.65. The van der Waals surface area contributed by atoms with Gasteiger partial charge in [-0.05, 0) is 16.7 Å². The Morgan fingerprint density at radius 3 is 1.38 bits per heavy atom. The van der Waals surface area contributed by atoms with Crippen LogP contribution in [0.2, 0.25) is 0 Å². The molecule has 1 heteroatoms. The maximum Gasteiger partial charge on any atom is 0.0227 e. The van der Waals surface area contributed by atoms with Crippen LogP contribution in [0.5, 0.6) is 0 Å². The number of benzene rings is 3. The van der Waals surface area contributed by atoms with Crippen LogP contribution in [0.3, 0.4) is 0 Å². The van der Waals surface area contributed by atoms with E-state index < -0.39 is 0 Å². The highest BCUT2D eigenvalue weighted by molar-refractivity contribution is 8.16. The monoisotopic (exact) mass is 326 g/mol. The Balaban J connectivity index is 1.78. The van der Waals surface area contributed by atoms with E-state index in [-0.39, 0.29) is 0 Å². The highest BCUT2D eigenvalue weighted by Gasteiger charge is 2.18. The first kappa shape index (κ1) is 15.0. The first-order valence-corrected chi connectivity index (χ1v) is 8.99. The van der Waals surface area contributed by atoms with Crippen molar-refractivity contribution < 1.29 is 0 Å². The summed E-state index contributed by atoms with van der Waals surface area (Å²) in [6, 6.07) is 32.0. The molecule has 0 bridgehead atoms. The molecule has 1 aliphatic rings. The van der Waals surface area contributed by atoms with Gasteiger partial charge < -0.3 is 0 Å². The number of thioether (sulfide) groups is 1. The molecule has 0 aliphatic carbocycles. The first-order chi connectivity index (χ1) is 11.9. The number of rotatable bonds is 3. The van der Waals surface area contributed by atoms with E-state index in [1.54, 1.807) is 0 Å². The smallest absolute Gasteiger partial charge is 0.0227 e. The van der Waals surface area contributed by atoms with Gasteiger partial charge in [-0.2, -0.15) is 0 Å². The van der Waals surface area contributed by atoms with Crippen molar-refractivity contribution >= 4 is 21.6 Å². The molecule has 0 atom stereocenters. The highest BCUT2D eigenvalue weighted by atomic mass is 32.2. The highest BCUT2D eigenvalue weighted by Crippen LogP contribution is 2.46. The molecule has 3 aromatic rings. The second kappa shape index (κ2) is 6.94. The van der Waals surface area contributed by atoms with E-state index in [9.17, 15) is 0 Å². The molecule has 1 aliphatic heterocycles. The normalized spacial score (nSPS) is 14.8. The zero-order valence-corrected chi connectivity index (χ0v) is 14.1. The van der Waals surface area contributed by atoms with Crippen LogP contribution in [-0.2, 0) is 0 Å². The van der Waals surface area contributed by atoms with Crippen molar-refractivity contribution in [2.45, 2.75) is 5.92 Å². The molecule has 0 radical (unpaired) electrons. The van der Waals surface area contributed by atoms with Crippen molar-refractivity contribution in [1.29, 1.82) is 0 Å². The molecular formula is C23H18S. The first-order valence-electron chi connectivity index (χ1n) is 8.17. The van der Waals surface area contributed by atoms with Gasteiger partial charge in [0.1, 0.15) is 0 Å². The van der Waals surface area contributed by atoms with Crippen LogP contribution in [0, 0.1) is 0 Å². The predicted molar refractivity (Wildman–Crippen MR) is 106 cm³/mol. The molecule has 0 aromatic heterocycles. The van der Waals surface area contributed by atoms with Crippen molar-refractivity contribution in [2.24, 2.45) is 0 Å². The third kappa shape index (κ3) is 3.22. The Hall–Kier alpha value is -2.51. The summed E-state index contributed by atoms with van der Waals surface area (Å²) in [5, 5.41) is 0. The van der Waals surface area contributed by atoms with Gasteiger partial charge in [-0.15, -0.1) is 0 Å². The lowest BCUT2D eigenvalue weighted by Gasteiger charge is -2.21. The summed E-state index contributed by atoms with van der Waals surface area (Å²) < 4.78 is 0. The van der Waals surface area contributed by atoms with E-state index in [1.165, 1.54) is 26.5 Å². The summed E-state index contributed by atoms with van der Waals surface area (Å²) in [5.41, 5.74) is 3.90. The maximum atomic E-state index is 2.38. The van der Waals surface area contributed by atoms with Gasteiger partial charge in [0.2, 0.25) is 0 Å². The fraction of sp³-hybridized carbons (Fsp3) is 0.0435. The van der Waals surface area contributed by atoms with Crippen LogP contribution in [-0.4, -0.2) is 0 Å². The van der Waals surface area contributed by atoms with Gasteiger partial charge in [0.15, 0.2) is 0 Å². The van der Waals surface area contributed by atoms with Gasteiger partial charge in [-0.1, -0.05) is 115 Å². The standard InChI is InChI=1S/C23H18S/c1-4-10-18(11-5-1)21-16-22(19-12-6-2-7-13-19)24-23(17-21)20-14-8-3-9-15-20/h1-17,21H. The quantitative estimate of drug-likeness (QED) is 0.522. The van der Waals surface area contributed by atoms with E-state index in [1.807, 2.05) is 11.8 Å². The summed E-state index contributed by atoms with van der Waals surface area (Å²) in [6.07, 6.45) is 4.75. The fourth-order valence-electron chi connectivity index (χ4n) is 2.94. The van der Waals surface area contributed by atoms with Gasteiger partial charge in [-0.25, -0.2) is 0 Å². The Morgan fingerprint density at radius 1 is 0.500 bits per heavy atom. The average Bonchev–Trinajstić information content (AvgIpc) is 2.70. The zero-order valence-electron chi connectivity index (χ0n) is 13.3. The van der Waals surface area contributed by atoms with Gasteiger partial charge >= 0.3 is 0 Å². The van der Waals surface area contributed by atoms with Gasteiger partial charge in [0, 0.05) is 15.7 Å². The summed E-state index contributed by atoms with van der Waals surface area (Å²) in [5.74, 6) is 0.304. The number of allylic oxidation sites excluding steroid dienone is 2. The minimum atomic E-state index is 0.304. The molecule has 4 rings (SSSR count). The molecule has 0 saturated heterocycles. The van der Waals surface area contributed by atoms with Crippen LogP contribution >= 0.6 is 11.8 Å². The molecule has 0 spiro atoms. The molecule has 0 nitrogen and oxygen atoms in total. The van der Waals surface area contributed by atoms with Crippen LogP contribution in [0.1, 0.15) is 22.6 Å². The van der Waals surface area contributed by atoms with Crippen molar-refractivity contribution in [2.75, 3.05) is 0 Å². The Morgan fingerprint density at radius 2 is 0.917 bits per heavy atom. The molecule has 0 saturated carbocycles. The van der Waals surface area contributed by atoms with Crippen LogP contribution in [0.25, 0.3) is 9.81 Å². The van der Waals surface area contributed by atoms with Crippen molar-refractivity contribution in [3.8, 4) is 0 Å². The van der Waals surface area contributed by atoms with Crippen LogP contribution in [0.15, 0.2) is 103 Å². The second-order valence-electron chi connectivity index (χ2n) is 5.83. The lowest BCUT2D eigenvalue weighted by molar-refractivity contribution is 1.09. The van der Waals surface area contributed by atoms with Gasteiger partial charge in [-0.3, -0.25) is 0 Å². The number of hydrogen-bond acceptors (Lipinski definition) is 1. The Bertz CT molecular complexity index is 806. The lowest BCUT2D eigenvalue weighted by atomic mass is 9.96. The molecule has 24 heavy (non-hydrogen) atoms. The predicted octanol–water partition coefficient (Wildman–Crippen LogP) is 6.60. The van der Waals surface area contributed by atoms with Crippen molar-refractivity contribution in [3.05, 3.63) is 120 Å². The molecule has 0 N–H and O–H groups in total. The van der Waals surface area contributed by atoms with Crippen molar-refractivity contribution in [3.63, 3.8) is 0 Å². The number of hydrogen-bond donors (Lipinski definition) is 0. The summed E-state index contributed by atoms with van der Waals surface area (Å²) >= 11 is 1.86. The molecule has 0 amide bonds. The van der Waals surface area contributed by atoms with E-state index in [0.29, 0.717) is 5.92 Å². The summed E-state index contributed by atoms with van der Waals surface area (Å²) in [7, 11) is 0. The zero-order chi connectivity index (χ0) is 16.2. The molecule has 0 unspecified atom stereocenters. The van der Waals surface area contributed by atoms with Crippen molar-refractivity contribution in [1.82, 2.24) is 0 Å². The minimum Gasteiger partial charge on any atom is -0.0894 e. The second-order valence-corrected chi connectivity index (χ2v) is 6.92. The van der Waals surface area contributed by atoms with Gasteiger partial charge in [0.25, 0.3) is 0 Å². The Kier molecular flexibility index (Phi) is 4.35. The van der Waals surface area contributed by atoms with Crippen LogP contribution in [0.4, 0.5) is 0 Å². The molecule has 3 aromatic carbocycles. The van der Waals surface area contributed by atoms with E-state index >= 15 is 0 Å². The maximum absolute atomic E-state index is 2.38. The Labute approximate surface area is 147 Å². The largest absolute Gasteiger partial charge is 0.0894 e. The van der Waals surface area contributed by atoms with Crippen LogP contribution < -0.4 is 0 Å². The minimum absolute atomic E-state index is 0.304. The third-order valence-corrected chi connectivity index (χ3v) is 5.37. The molecule has 1 heterocycles. The fourth-order valence-corrected chi connectivity index (χ4v) is 4.12. The third-order valence-electron chi connectivity index (χ3n) is 4.18. The average molecular weight is 326 g/mol. The topological polar surface area (TPSA) is 0 Å². The summed E-state index contributed by atoms with van der Waals surface area (Å²) in [6.45, 7) is 0. The van der Waals surface area contributed by atoms with E-state index in [2.05, 4.69) is 103 Å². The molecular weight excluding hydrogens is 308 g/mol. The lowest BCUT2D eigenvalue weighted by Crippen LogP contribution is -1.98. The van der Waals surface area contributed by atoms with Gasteiger partial charge in [0.05, 0.1) is 0 Å². The van der Waals surface area contributed by atoms with E-state index in [0.717, 1.165) is 0 Å². The SMILES string of the molecule is C1=C(c2ccccc2)SC(c2ccccc2)=CC1c1ccccc1. The molecule has 0 fully saturated rings. The van der Waals surface area contributed by atoms with E-state index in [4.69, 9.17) is 0 Å². The molecule has 116 valence electrons.